The smallest absolute Gasteiger partial charge is 0.221 e. The Labute approximate surface area is 99.6 Å². The van der Waals surface area contributed by atoms with Crippen molar-refractivity contribution >= 4 is 23.2 Å². The van der Waals surface area contributed by atoms with Gasteiger partial charge in [0.1, 0.15) is 5.75 Å². The third-order valence-electron chi connectivity index (χ3n) is 2.16. The Morgan fingerprint density at radius 3 is 2.75 bits per heavy atom. The number of carbonyl (C=O) groups is 1. The molecule has 1 aromatic carbocycles. The Balaban J connectivity index is 3.09. The van der Waals surface area contributed by atoms with Crippen LogP contribution in [0.1, 0.15) is 12.5 Å². The third-order valence-corrected chi connectivity index (χ3v) is 2.51. The Bertz CT molecular complexity index is 394. The zero-order chi connectivity index (χ0) is 12.1. The summed E-state index contributed by atoms with van der Waals surface area (Å²) in [6.07, 6.45) is 0.638. The molecule has 0 unspecified atom stereocenters. The second-order valence-electron chi connectivity index (χ2n) is 3.45. The van der Waals surface area contributed by atoms with Crippen LogP contribution in [-0.4, -0.2) is 24.6 Å². The van der Waals surface area contributed by atoms with E-state index < -0.39 is 0 Å². The Kier molecular flexibility index (Phi) is 4.58. The maximum atomic E-state index is 11.0. The van der Waals surface area contributed by atoms with Crippen molar-refractivity contribution in [3.63, 3.8) is 0 Å². The van der Waals surface area contributed by atoms with Crippen LogP contribution >= 0.6 is 11.6 Å². The van der Waals surface area contributed by atoms with Crippen molar-refractivity contribution in [3.8, 4) is 5.75 Å². The Morgan fingerprint density at radius 2 is 2.19 bits per heavy atom. The zero-order valence-electron chi connectivity index (χ0n) is 9.30. The highest BCUT2D eigenvalue weighted by molar-refractivity contribution is 6.32. The lowest BCUT2D eigenvalue weighted by atomic mass is 10.1. The molecule has 0 bridgehead atoms. The number of hydrogen-bond acceptors (Lipinski definition) is 3. The normalized spacial score (nSPS) is 10.2. The topological polar surface area (TPSA) is 61.4 Å². The van der Waals surface area contributed by atoms with Gasteiger partial charge in [-0.25, -0.2) is 0 Å². The molecule has 0 aliphatic rings. The third kappa shape index (κ3) is 3.12. The Hall–Kier alpha value is -1.26. The number of rotatable bonds is 4. The number of carbonyl (C=O) groups excluding carboxylic acids is 1. The molecule has 0 fully saturated rings. The molecule has 0 radical (unpaired) electrons. The first-order valence-electron chi connectivity index (χ1n) is 4.98. The van der Waals surface area contributed by atoms with Gasteiger partial charge in [0.2, 0.25) is 5.91 Å². The largest absolute Gasteiger partial charge is 0.506 e. The van der Waals surface area contributed by atoms with E-state index in [1.165, 1.54) is 13.0 Å². The predicted octanol–water partition coefficient (Wildman–Crippen LogP) is 1.77. The number of amides is 1. The molecule has 0 saturated carbocycles. The van der Waals surface area contributed by atoms with Crippen molar-refractivity contribution in [2.24, 2.45) is 0 Å². The van der Waals surface area contributed by atoms with E-state index in [1.807, 2.05) is 7.05 Å². The van der Waals surface area contributed by atoms with Gasteiger partial charge in [0, 0.05) is 11.9 Å². The molecule has 4 nitrogen and oxygen atoms in total. The number of likely N-dealkylation sites (N-methyl/N-ethyl adjacent to an activating group) is 1. The first-order valence-corrected chi connectivity index (χ1v) is 5.36. The molecular weight excluding hydrogens is 228 g/mol. The summed E-state index contributed by atoms with van der Waals surface area (Å²) in [5.41, 5.74) is 1.14. The minimum Gasteiger partial charge on any atom is -0.506 e. The van der Waals surface area contributed by atoms with Crippen molar-refractivity contribution in [1.82, 2.24) is 5.32 Å². The molecule has 0 atom stereocenters. The van der Waals surface area contributed by atoms with Crippen LogP contribution in [-0.2, 0) is 11.2 Å². The number of benzene rings is 1. The van der Waals surface area contributed by atoms with Gasteiger partial charge in [-0.05, 0) is 37.7 Å². The quantitative estimate of drug-likeness (QED) is 0.706. The first kappa shape index (κ1) is 12.8. The van der Waals surface area contributed by atoms with Crippen molar-refractivity contribution in [2.75, 3.05) is 18.9 Å². The van der Waals surface area contributed by atoms with E-state index >= 15 is 0 Å². The average molecular weight is 243 g/mol. The highest BCUT2D eigenvalue weighted by Crippen LogP contribution is 2.33. The van der Waals surface area contributed by atoms with Gasteiger partial charge in [0.15, 0.2) is 0 Å². The number of phenolic OH excluding ortho intramolecular Hbond substituents is 1. The summed E-state index contributed by atoms with van der Waals surface area (Å²) in [4.78, 5) is 11.0. The monoisotopic (exact) mass is 242 g/mol. The lowest BCUT2D eigenvalue weighted by Gasteiger charge is -2.13. The number of nitrogens with one attached hydrogen (secondary N) is 2. The van der Waals surface area contributed by atoms with E-state index in [0.29, 0.717) is 17.1 Å². The van der Waals surface area contributed by atoms with Crippen LogP contribution in [0.4, 0.5) is 5.69 Å². The average Bonchev–Trinajstić information content (AvgIpc) is 2.22. The van der Waals surface area contributed by atoms with Crippen LogP contribution in [0, 0.1) is 0 Å². The predicted molar refractivity (Wildman–Crippen MR) is 65.1 cm³/mol. The van der Waals surface area contributed by atoms with Crippen LogP contribution in [0.25, 0.3) is 0 Å². The fraction of sp³-hybridized carbons (Fsp3) is 0.364. The molecule has 0 heterocycles. The van der Waals surface area contributed by atoms with Gasteiger partial charge in [0.05, 0.1) is 5.69 Å². The second kappa shape index (κ2) is 5.72. The van der Waals surface area contributed by atoms with E-state index in [9.17, 15) is 9.90 Å². The molecule has 0 aliphatic carbocycles. The highest BCUT2D eigenvalue weighted by atomic mass is 35.5. The van der Waals surface area contributed by atoms with E-state index in [2.05, 4.69) is 10.6 Å². The van der Waals surface area contributed by atoms with Crippen molar-refractivity contribution < 1.29 is 9.90 Å². The lowest BCUT2D eigenvalue weighted by Crippen LogP contribution is -2.14. The van der Waals surface area contributed by atoms with Gasteiger partial charge in [-0.3, -0.25) is 4.79 Å². The summed E-state index contributed by atoms with van der Waals surface area (Å²) < 4.78 is 0. The van der Waals surface area contributed by atoms with Crippen molar-refractivity contribution in [1.29, 1.82) is 0 Å². The lowest BCUT2D eigenvalue weighted by molar-refractivity contribution is -0.114. The molecular formula is C11H15ClN2O2. The van der Waals surface area contributed by atoms with E-state index in [0.717, 1.165) is 12.1 Å². The van der Waals surface area contributed by atoms with Crippen LogP contribution in [0.5, 0.6) is 5.75 Å². The molecule has 0 saturated heterocycles. The van der Waals surface area contributed by atoms with Crippen molar-refractivity contribution in [3.05, 3.63) is 22.7 Å². The number of aromatic hydroxyl groups is 1. The summed E-state index contributed by atoms with van der Waals surface area (Å²) in [6, 6.07) is 3.09. The molecule has 0 aromatic heterocycles. The fourth-order valence-electron chi connectivity index (χ4n) is 1.42. The summed E-state index contributed by atoms with van der Waals surface area (Å²) in [7, 11) is 1.83. The standard InChI is InChI=1S/C11H15ClN2O2/c1-7(15)14-11-8(5-6-13-2)9(12)3-4-10(11)16/h3-4,13,16H,5-6H2,1-2H3,(H,14,15). The van der Waals surface area contributed by atoms with Gasteiger partial charge in [0.25, 0.3) is 0 Å². The zero-order valence-corrected chi connectivity index (χ0v) is 10.1. The molecule has 1 aromatic rings. The molecule has 16 heavy (non-hydrogen) atoms. The highest BCUT2D eigenvalue weighted by Gasteiger charge is 2.12. The van der Waals surface area contributed by atoms with Gasteiger partial charge in [-0.2, -0.15) is 0 Å². The van der Waals surface area contributed by atoms with Crippen LogP contribution in [0.15, 0.2) is 12.1 Å². The number of hydrogen-bond donors (Lipinski definition) is 3. The van der Waals surface area contributed by atoms with Gasteiger partial charge in [-0.15, -0.1) is 0 Å². The molecule has 88 valence electrons. The summed E-state index contributed by atoms with van der Waals surface area (Å²) in [5, 5.41) is 15.8. The second-order valence-corrected chi connectivity index (χ2v) is 3.86. The first-order chi connectivity index (χ1) is 7.56. The minimum absolute atomic E-state index is 0.0331. The van der Waals surface area contributed by atoms with Crippen LogP contribution in [0.2, 0.25) is 5.02 Å². The van der Waals surface area contributed by atoms with Crippen molar-refractivity contribution in [2.45, 2.75) is 13.3 Å². The maximum Gasteiger partial charge on any atom is 0.221 e. The van der Waals surface area contributed by atoms with E-state index in [-0.39, 0.29) is 11.7 Å². The molecule has 0 aliphatic heterocycles. The Morgan fingerprint density at radius 1 is 1.50 bits per heavy atom. The number of phenols is 1. The molecule has 0 spiro atoms. The van der Waals surface area contributed by atoms with Gasteiger partial charge < -0.3 is 15.7 Å². The van der Waals surface area contributed by atoms with Gasteiger partial charge in [-0.1, -0.05) is 11.6 Å². The fourth-order valence-corrected chi connectivity index (χ4v) is 1.67. The maximum absolute atomic E-state index is 11.0. The van der Waals surface area contributed by atoms with Gasteiger partial charge >= 0.3 is 0 Å². The molecule has 5 heteroatoms. The molecule has 1 amide bonds. The SMILES string of the molecule is CNCCc1c(Cl)ccc(O)c1NC(C)=O. The van der Waals surface area contributed by atoms with E-state index in [4.69, 9.17) is 11.6 Å². The molecule has 3 N–H and O–H groups in total. The van der Waals surface area contributed by atoms with Crippen LogP contribution < -0.4 is 10.6 Å². The number of anilines is 1. The van der Waals surface area contributed by atoms with Crippen LogP contribution in [0.3, 0.4) is 0 Å². The number of halogens is 1. The van der Waals surface area contributed by atoms with E-state index in [1.54, 1.807) is 6.07 Å². The summed E-state index contributed by atoms with van der Waals surface area (Å²) >= 11 is 6.03. The minimum atomic E-state index is -0.233. The molecule has 1 rings (SSSR count). The summed E-state index contributed by atoms with van der Waals surface area (Å²) in [5.74, 6) is -0.200. The summed E-state index contributed by atoms with van der Waals surface area (Å²) in [6.45, 7) is 2.11.